The monoisotopic (exact) mass is 445 g/mol. The van der Waals surface area contributed by atoms with E-state index in [0.29, 0.717) is 23.3 Å². The molecule has 3 heterocycles. The van der Waals surface area contributed by atoms with Crippen LogP contribution in [0.2, 0.25) is 5.02 Å². The standard InChI is InChI=1S/C16H11ClF3N5OS2/c17-10-1-3-11(4-2-10)25-13(16(18,19)20)9(8-22-25)7-12(26)23-15-24-6-5-21-14(24)27-28-15/h1-4,8H,5-7H2. The van der Waals surface area contributed by atoms with Gasteiger partial charge in [-0.2, -0.15) is 23.3 Å². The zero-order valence-electron chi connectivity index (χ0n) is 14.0. The molecule has 2 aliphatic heterocycles. The van der Waals surface area contributed by atoms with Gasteiger partial charge in [-0.05, 0) is 45.9 Å². The molecule has 0 spiro atoms. The highest BCUT2D eigenvalue weighted by Crippen LogP contribution is 2.38. The highest BCUT2D eigenvalue weighted by molar-refractivity contribution is 8.88. The summed E-state index contributed by atoms with van der Waals surface area (Å²) < 4.78 is 41.8. The normalized spacial score (nSPS) is 17.9. The number of carbonyl (C=O) groups excluding carboxylic acids is 1. The number of aromatic nitrogens is 2. The van der Waals surface area contributed by atoms with Gasteiger partial charge in [-0.3, -0.25) is 14.7 Å². The van der Waals surface area contributed by atoms with Crippen LogP contribution in [0.25, 0.3) is 5.69 Å². The van der Waals surface area contributed by atoms with Gasteiger partial charge in [-0.25, -0.2) is 4.68 Å². The SMILES string of the molecule is O=C(Cc1cnn(-c2ccc(Cl)cc2)c1C(F)(F)F)N=C1SSC2=NCCN21. The number of carbonyl (C=O) groups is 1. The third-order valence-electron chi connectivity index (χ3n) is 3.97. The Hall–Kier alpha value is -1.98. The molecule has 0 saturated carbocycles. The van der Waals surface area contributed by atoms with Crippen LogP contribution in [0, 0.1) is 0 Å². The fraction of sp³-hybridized carbons (Fsp3) is 0.250. The number of amides is 1. The number of halogens is 4. The van der Waals surface area contributed by atoms with E-state index in [-0.39, 0.29) is 11.3 Å². The van der Waals surface area contributed by atoms with Crippen molar-refractivity contribution in [2.75, 3.05) is 13.1 Å². The Balaban J connectivity index is 1.62. The lowest BCUT2D eigenvalue weighted by molar-refractivity contribution is -0.143. The summed E-state index contributed by atoms with van der Waals surface area (Å²) in [6.07, 6.45) is -4.14. The minimum Gasteiger partial charge on any atom is -0.297 e. The summed E-state index contributed by atoms with van der Waals surface area (Å²) >= 11 is 5.79. The van der Waals surface area contributed by atoms with Crippen LogP contribution in [0.15, 0.2) is 40.4 Å². The number of amidine groups is 2. The van der Waals surface area contributed by atoms with Crippen molar-refractivity contribution in [1.82, 2.24) is 14.7 Å². The van der Waals surface area contributed by atoms with Crippen LogP contribution < -0.4 is 0 Å². The molecule has 2 aromatic rings. The first-order valence-corrected chi connectivity index (χ1v) is 10.5. The van der Waals surface area contributed by atoms with E-state index >= 15 is 0 Å². The van der Waals surface area contributed by atoms with E-state index in [4.69, 9.17) is 11.6 Å². The maximum absolute atomic E-state index is 13.7. The van der Waals surface area contributed by atoms with E-state index < -0.39 is 24.2 Å². The van der Waals surface area contributed by atoms with Gasteiger partial charge in [-0.1, -0.05) is 11.6 Å². The van der Waals surface area contributed by atoms with Crippen molar-refractivity contribution in [3.8, 4) is 5.69 Å². The van der Waals surface area contributed by atoms with Gasteiger partial charge in [0, 0.05) is 17.1 Å². The quantitative estimate of drug-likeness (QED) is 0.667. The van der Waals surface area contributed by atoms with Crippen molar-refractivity contribution < 1.29 is 18.0 Å². The van der Waals surface area contributed by atoms with Gasteiger partial charge < -0.3 is 0 Å². The molecule has 1 aromatic carbocycles. The van der Waals surface area contributed by atoms with E-state index in [1.807, 2.05) is 0 Å². The fourth-order valence-electron chi connectivity index (χ4n) is 2.77. The summed E-state index contributed by atoms with van der Waals surface area (Å²) in [6, 6.07) is 5.80. The minimum absolute atomic E-state index is 0.197. The number of nitrogens with zero attached hydrogens (tertiary/aromatic N) is 5. The molecule has 0 atom stereocenters. The molecule has 1 aromatic heterocycles. The molecule has 0 unspecified atom stereocenters. The van der Waals surface area contributed by atoms with E-state index in [0.717, 1.165) is 16.0 Å². The maximum atomic E-state index is 13.7. The summed E-state index contributed by atoms with van der Waals surface area (Å²) in [5.41, 5.74) is -1.04. The highest BCUT2D eigenvalue weighted by atomic mass is 35.5. The maximum Gasteiger partial charge on any atom is 0.433 e. The first kappa shape index (κ1) is 19.3. The highest BCUT2D eigenvalue weighted by Gasteiger charge is 2.39. The predicted octanol–water partition coefficient (Wildman–Crippen LogP) is 4.04. The third kappa shape index (κ3) is 3.78. The van der Waals surface area contributed by atoms with E-state index in [9.17, 15) is 18.0 Å². The largest absolute Gasteiger partial charge is 0.433 e. The molecule has 6 nitrogen and oxygen atoms in total. The Kier molecular flexibility index (Phi) is 5.15. The van der Waals surface area contributed by atoms with Crippen LogP contribution >= 0.6 is 33.2 Å². The number of alkyl halides is 3. The predicted molar refractivity (Wildman–Crippen MR) is 104 cm³/mol. The van der Waals surface area contributed by atoms with Crippen molar-refractivity contribution in [1.29, 1.82) is 0 Å². The Morgan fingerprint density at radius 2 is 2.00 bits per heavy atom. The zero-order chi connectivity index (χ0) is 19.9. The molecule has 2 aliphatic rings. The molecule has 1 saturated heterocycles. The van der Waals surface area contributed by atoms with Crippen molar-refractivity contribution in [2.45, 2.75) is 12.6 Å². The molecule has 0 bridgehead atoms. The van der Waals surface area contributed by atoms with E-state index in [2.05, 4.69) is 15.1 Å². The molecule has 4 rings (SSSR count). The van der Waals surface area contributed by atoms with Crippen LogP contribution in [0.3, 0.4) is 0 Å². The number of benzene rings is 1. The molecule has 0 N–H and O–H groups in total. The lowest BCUT2D eigenvalue weighted by atomic mass is 10.1. The van der Waals surface area contributed by atoms with Gasteiger partial charge in [0.15, 0.2) is 16.0 Å². The number of hydrogen-bond acceptors (Lipinski definition) is 5. The Morgan fingerprint density at radius 1 is 1.25 bits per heavy atom. The first-order valence-electron chi connectivity index (χ1n) is 8.01. The summed E-state index contributed by atoms with van der Waals surface area (Å²) in [7, 11) is 2.65. The molecule has 0 radical (unpaired) electrons. The summed E-state index contributed by atoms with van der Waals surface area (Å²) in [5, 5.41) is 5.45. The number of aliphatic imine (C=N–C) groups is 2. The van der Waals surface area contributed by atoms with Crippen LogP contribution in [-0.4, -0.2) is 44.0 Å². The molecule has 1 fully saturated rings. The van der Waals surface area contributed by atoms with Crippen molar-refractivity contribution in [2.24, 2.45) is 9.98 Å². The van der Waals surface area contributed by atoms with Gasteiger partial charge in [-0.15, -0.1) is 0 Å². The summed E-state index contributed by atoms with van der Waals surface area (Å²) in [5.74, 6) is -0.669. The molecule has 1 amide bonds. The molecular formula is C16H11ClF3N5OS2. The average Bonchev–Trinajstić information content (AvgIpc) is 3.32. The zero-order valence-corrected chi connectivity index (χ0v) is 16.4. The lowest BCUT2D eigenvalue weighted by Crippen LogP contribution is -2.26. The lowest BCUT2D eigenvalue weighted by Gasteiger charge is -2.13. The second-order valence-electron chi connectivity index (χ2n) is 5.85. The van der Waals surface area contributed by atoms with E-state index in [1.54, 1.807) is 4.90 Å². The van der Waals surface area contributed by atoms with Gasteiger partial charge in [0.25, 0.3) is 5.91 Å². The van der Waals surface area contributed by atoms with Crippen molar-refractivity contribution >= 4 is 49.4 Å². The molecule has 28 heavy (non-hydrogen) atoms. The number of rotatable bonds is 3. The molecule has 146 valence electrons. The molecular weight excluding hydrogens is 435 g/mol. The van der Waals surface area contributed by atoms with E-state index in [1.165, 1.54) is 45.9 Å². The smallest absolute Gasteiger partial charge is 0.297 e. The molecule has 12 heteroatoms. The fourth-order valence-corrected chi connectivity index (χ4v) is 5.18. The Bertz CT molecular complexity index is 987. The number of fused-ring (bicyclic) bond motifs is 1. The average molecular weight is 446 g/mol. The van der Waals surface area contributed by atoms with Gasteiger partial charge >= 0.3 is 6.18 Å². The molecule has 0 aliphatic carbocycles. The Morgan fingerprint density at radius 3 is 2.71 bits per heavy atom. The second-order valence-corrected chi connectivity index (χ2v) is 8.35. The third-order valence-corrected chi connectivity index (χ3v) is 6.41. The van der Waals surface area contributed by atoms with Crippen LogP contribution in [0.4, 0.5) is 13.2 Å². The van der Waals surface area contributed by atoms with Crippen LogP contribution in [0.5, 0.6) is 0 Å². The first-order chi connectivity index (χ1) is 13.3. The minimum atomic E-state index is -4.69. The van der Waals surface area contributed by atoms with Gasteiger partial charge in [0.2, 0.25) is 0 Å². The van der Waals surface area contributed by atoms with Crippen molar-refractivity contribution in [3.63, 3.8) is 0 Å². The van der Waals surface area contributed by atoms with Gasteiger partial charge in [0.1, 0.15) is 0 Å². The summed E-state index contributed by atoms with van der Waals surface area (Å²) in [4.78, 5) is 22.3. The van der Waals surface area contributed by atoms with Gasteiger partial charge in [0.05, 0.1) is 24.8 Å². The number of hydrogen-bond donors (Lipinski definition) is 0. The van der Waals surface area contributed by atoms with Crippen molar-refractivity contribution in [3.05, 3.63) is 46.7 Å². The second kappa shape index (κ2) is 7.45. The van der Waals surface area contributed by atoms with Crippen LogP contribution in [-0.2, 0) is 17.4 Å². The summed E-state index contributed by atoms with van der Waals surface area (Å²) in [6.45, 7) is 1.23. The topological polar surface area (TPSA) is 62.9 Å². The van der Waals surface area contributed by atoms with Crippen LogP contribution in [0.1, 0.15) is 11.3 Å². The Labute approximate surface area is 170 Å².